The lowest BCUT2D eigenvalue weighted by atomic mass is 10.2. The molecule has 3 N–H and O–H groups in total. The first-order chi connectivity index (χ1) is 8.85. The van der Waals surface area contributed by atoms with E-state index in [2.05, 4.69) is 25.9 Å². The number of nitrogens with one attached hydrogen (secondary N) is 1. The van der Waals surface area contributed by atoms with E-state index < -0.39 is 15.9 Å². The zero-order valence-electron chi connectivity index (χ0n) is 10.3. The maximum absolute atomic E-state index is 11.1. The number of sulfone groups is 1. The lowest BCUT2D eigenvalue weighted by Gasteiger charge is -2.07. The minimum Gasteiger partial charge on any atom is -0.340 e. The highest BCUT2D eigenvalue weighted by atomic mass is 79.9. The maximum atomic E-state index is 11.1. The number of thiophene rings is 1. The Morgan fingerprint density at radius 1 is 1.53 bits per heavy atom. The minimum atomic E-state index is -3.00. The van der Waals surface area contributed by atoms with Crippen molar-refractivity contribution < 1.29 is 8.42 Å². The van der Waals surface area contributed by atoms with Gasteiger partial charge >= 0.3 is 0 Å². The van der Waals surface area contributed by atoms with Crippen LogP contribution in [0.15, 0.2) is 22.1 Å². The summed E-state index contributed by atoms with van der Waals surface area (Å²) in [6, 6.07) is 3.55. The molecule has 0 aliphatic rings. The normalized spacial score (nSPS) is 13.6. The highest BCUT2D eigenvalue weighted by molar-refractivity contribution is 9.11. The van der Waals surface area contributed by atoms with Gasteiger partial charge in [-0.2, -0.15) is 0 Å². The van der Waals surface area contributed by atoms with Gasteiger partial charge in [0.2, 0.25) is 0 Å². The van der Waals surface area contributed by atoms with E-state index in [4.69, 9.17) is 5.73 Å². The number of nitrogens with zero attached hydrogens (tertiary/aromatic N) is 1. The number of hydrogen-bond acceptors (Lipinski definition) is 5. The molecule has 1 unspecified atom stereocenters. The number of aromatic nitrogens is 2. The number of aromatic amines is 1. The molecule has 2 rings (SSSR count). The molecule has 0 saturated carbocycles. The molecule has 0 radical (unpaired) electrons. The summed E-state index contributed by atoms with van der Waals surface area (Å²) < 4.78 is 23.3. The first-order valence-corrected chi connectivity index (χ1v) is 9.26. The van der Waals surface area contributed by atoms with Crippen LogP contribution in [0.4, 0.5) is 0 Å². The molecule has 2 aromatic heterocycles. The lowest BCUT2D eigenvalue weighted by Crippen LogP contribution is -2.16. The predicted octanol–water partition coefficient (Wildman–Crippen LogP) is 2.34. The van der Waals surface area contributed by atoms with Gasteiger partial charge in [0.25, 0.3) is 0 Å². The summed E-state index contributed by atoms with van der Waals surface area (Å²) in [7, 11) is -3.00. The molecule has 104 valence electrons. The molecular formula is C11H14BrN3O2S2. The summed E-state index contributed by atoms with van der Waals surface area (Å²) in [6.45, 7) is 0. The third-order valence-corrected chi connectivity index (χ3v) is 5.22. The van der Waals surface area contributed by atoms with E-state index in [9.17, 15) is 8.42 Å². The summed E-state index contributed by atoms with van der Waals surface area (Å²) >= 11 is 5.00. The van der Waals surface area contributed by atoms with Crippen LogP contribution in [0.5, 0.6) is 0 Å². The van der Waals surface area contributed by atoms with Gasteiger partial charge in [-0.3, -0.25) is 0 Å². The van der Waals surface area contributed by atoms with Crippen LogP contribution in [0.1, 0.15) is 18.3 Å². The molecule has 8 heteroatoms. The standard InChI is InChI=1S/C11H14BrN3O2S2/c1-19(16,17)5-4-7(13)11-14-6-8(15-11)9-2-3-10(12)18-9/h2-3,6-7H,4-5,13H2,1H3,(H,14,15). The van der Waals surface area contributed by atoms with Crippen molar-refractivity contribution in [2.45, 2.75) is 12.5 Å². The Labute approximate surface area is 124 Å². The molecule has 0 saturated heterocycles. The van der Waals surface area contributed by atoms with Gasteiger partial charge in [-0.1, -0.05) is 0 Å². The average Bonchev–Trinajstić information content (AvgIpc) is 2.93. The second-order valence-electron chi connectivity index (χ2n) is 4.31. The second-order valence-corrected chi connectivity index (χ2v) is 9.03. The molecule has 0 aliphatic carbocycles. The van der Waals surface area contributed by atoms with Crippen molar-refractivity contribution in [1.29, 1.82) is 0 Å². The number of imidazole rings is 1. The predicted molar refractivity (Wildman–Crippen MR) is 80.9 cm³/mol. The highest BCUT2D eigenvalue weighted by Gasteiger charge is 2.14. The van der Waals surface area contributed by atoms with Crippen LogP contribution in [0.25, 0.3) is 10.6 Å². The fourth-order valence-corrected chi connectivity index (χ4v) is 3.62. The molecule has 2 aromatic rings. The van der Waals surface area contributed by atoms with Crippen molar-refractivity contribution >= 4 is 37.1 Å². The second kappa shape index (κ2) is 5.74. The van der Waals surface area contributed by atoms with Gasteiger partial charge in [-0.05, 0) is 34.5 Å². The molecule has 1 atom stereocenters. The molecule has 0 fully saturated rings. The molecule has 0 spiro atoms. The fraction of sp³-hybridized carbons (Fsp3) is 0.364. The Bertz CT molecular complexity index is 663. The van der Waals surface area contributed by atoms with Crippen molar-refractivity contribution in [2.75, 3.05) is 12.0 Å². The largest absolute Gasteiger partial charge is 0.340 e. The van der Waals surface area contributed by atoms with E-state index in [-0.39, 0.29) is 5.75 Å². The first-order valence-electron chi connectivity index (χ1n) is 5.59. The summed E-state index contributed by atoms with van der Waals surface area (Å²) in [5.74, 6) is 0.678. The van der Waals surface area contributed by atoms with Crippen molar-refractivity contribution in [3.05, 3.63) is 27.9 Å². The lowest BCUT2D eigenvalue weighted by molar-refractivity contribution is 0.588. The van der Waals surface area contributed by atoms with Crippen molar-refractivity contribution in [3.8, 4) is 10.6 Å². The van der Waals surface area contributed by atoms with Crippen LogP contribution in [-0.4, -0.2) is 30.4 Å². The Hall–Kier alpha value is -0.700. The molecular weight excluding hydrogens is 350 g/mol. The van der Waals surface area contributed by atoms with E-state index in [1.165, 1.54) is 6.26 Å². The van der Waals surface area contributed by atoms with Crippen LogP contribution < -0.4 is 5.73 Å². The zero-order chi connectivity index (χ0) is 14.0. The molecule has 0 bridgehead atoms. The number of hydrogen-bond donors (Lipinski definition) is 2. The molecule has 5 nitrogen and oxygen atoms in total. The van der Waals surface area contributed by atoms with Gasteiger partial charge in [0.1, 0.15) is 15.7 Å². The van der Waals surface area contributed by atoms with Crippen molar-refractivity contribution in [1.82, 2.24) is 9.97 Å². The number of H-pyrrole nitrogens is 1. The fourth-order valence-electron chi connectivity index (χ4n) is 1.59. The van der Waals surface area contributed by atoms with Crippen molar-refractivity contribution in [2.24, 2.45) is 5.73 Å². The van der Waals surface area contributed by atoms with E-state index >= 15 is 0 Å². The molecule has 19 heavy (non-hydrogen) atoms. The number of rotatable bonds is 5. The summed E-state index contributed by atoms with van der Waals surface area (Å²) in [5.41, 5.74) is 6.82. The summed E-state index contributed by atoms with van der Waals surface area (Å²) in [4.78, 5) is 8.41. The zero-order valence-corrected chi connectivity index (χ0v) is 13.5. The van der Waals surface area contributed by atoms with Crippen LogP contribution >= 0.6 is 27.3 Å². The highest BCUT2D eigenvalue weighted by Crippen LogP contribution is 2.30. The quantitative estimate of drug-likeness (QED) is 0.852. The average molecular weight is 364 g/mol. The third-order valence-electron chi connectivity index (χ3n) is 2.58. The summed E-state index contributed by atoms with van der Waals surface area (Å²) in [5, 5.41) is 0. The summed E-state index contributed by atoms with van der Waals surface area (Å²) in [6.07, 6.45) is 3.28. The van der Waals surface area contributed by atoms with Gasteiger partial charge in [0, 0.05) is 6.26 Å². The van der Waals surface area contributed by atoms with Gasteiger partial charge in [0.15, 0.2) is 0 Å². The van der Waals surface area contributed by atoms with Crippen LogP contribution in [0.3, 0.4) is 0 Å². The van der Waals surface area contributed by atoms with Crippen LogP contribution in [0, 0.1) is 0 Å². The van der Waals surface area contributed by atoms with Crippen LogP contribution in [-0.2, 0) is 9.84 Å². The van der Waals surface area contributed by atoms with E-state index in [0.717, 1.165) is 14.4 Å². The smallest absolute Gasteiger partial charge is 0.147 e. The van der Waals surface area contributed by atoms with Gasteiger partial charge in [-0.15, -0.1) is 11.3 Å². The third kappa shape index (κ3) is 4.13. The van der Waals surface area contributed by atoms with E-state index in [1.807, 2.05) is 12.1 Å². The van der Waals surface area contributed by atoms with Gasteiger partial charge in [0.05, 0.1) is 32.3 Å². The van der Waals surface area contributed by atoms with E-state index in [1.54, 1.807) is 17.5 Å². The monoisotopic (exact) mass is 363 g/mol. The van der Waals surface area contributed by atoms with Crippen molar-refractivity contribution in [3.63, 3.8) is 0 Å². The van der Waals surface area contributed by atoms with Gasteiger partial charge < -0.3 is 10.7 Å². The number of halogens is 1. The molecule has 0 aromatic carbocycles. The minimum absolute atomic E-state index is 0.0642. The Kier molecular flexibility index (Phi) is 4.44. The number of nitrogens with two attached hydrogens (primary N) is 1. The molecule has 0 aliphatic heterocycles. The van der Waals surface area contributed by atoms with Gasteiger partial charge in [-0.25, -0.2) is 13.4 Å². The van der Waals surface area contributed by atoms with E-state index in [0.29, 0.717) is 12.2 Å². The Morgan fingerprint density at radius 2 is 2.26 bits per heavy atom. The van der Waals surface area contributed by atoms with Crippen LogP contribution in [0.2, 0.25) is 0 Å². The maximum Gasteiger partial charge on any atom is 0.147 e. The molecule has 2 heterocycles. The Balaban J connectivity index is 2.08. The molecule has 0 amide bonds. The topological polar surface area (TPSA) is 88.8 Å². The first kappa shape index (κ1) is 14.7. The SMILES string of the molecule is CS(=O)(=O)CCC(N)c1ncc(-c2ccc(Br)s2)[nH]1. The Morgan fingerprint density at radius 3 is 2.84 bits per heavy atom.